The number of hydrogen-bond donors (Lipinski definition) is 0. The molecule has 1 fully saturated rings. The van der Waals surface area contributed by atoms with Gasteiger partial charge in [0.1, 0.15) is 5.82 Å². The van der Waals surface area contributed by atoms with Gasteiger partial charge in [0.25, 0.3) is 0 Å². The van der Waals surface area contributed by atoms with E-state index in [1.165, 1.54) is 24.0 Å². The predicted octanol–water partition coefficient (Wildman–Crippen LogP) is 4.36. The largest absolute Gasteiger partial charge is 0.207 e. The minimum Gasteiger partial charge on any atom is -0.207 e. The summed E-state index contributed by atoms with van der Waals surface area (Å²) >= 11 is 0. The van der Waals surface area contributed by atoms with Gasteiger partial charge in [-0.05, 0) is 67.2 Å². The van der Waals surface area contributed by atoms with E-state index in [0.29, 0.717) is 5.92 Å². The lowest BCUT2D eigenvalue weighted by molar-refractivity contribution is 0.343. The molecule has 0 aromatic heterocycles. The number of aryl methyl sites for hydroxylation is 1. The van der Waals surface area contributed by atoms with Gasteiger partial charge in [0.2, 0.25) is 0 Å². The van der Waals surface area contributed by atoms with E-state index in [1.807, 2.05) is 6.07 Å². The maximum atomic E-state index is 13.2. The average Bonchev–Trinajstić information content (AvgIpc) is 3.06. The van der Waals surface area contributed by atoms with Crippen LogP contribution in [0, 0.1) is 30.5 Å². The molecule has 1 aromatic rings. The van der Waals surface area contributed by atoms with Crippen molar-refractivity contribution >= 4 is 0 Å². The van der Waals surface area contributed by atoms with E-state index in [4.69, 9.17) is 0 Å². The van der Waals surface area contributed by atoms with Crippen LogP contribution in [0.4, 0.5) is 4.39 Å². The zero-order chi connectivity index (χ0) is 11.7. The number of hydrogen-bond acceptors (Lipinski definition) is 0. The van der Waals surface area contributed by atoms with E-state index in [9.17, 15) is 4.39 Å². The number of benzene rings is 1. The Labute approximate surface area is 97.9 Å². The fourth-order valence-electron chi connectivity index (χ4n) is 2.48. The molecule has 1 heteroatoms. The molecule has 0 unspecified atom stereocenters. The van der Waals surface area contributed by atoms with Gasteiger partial charge >= 0.3 is 0 Å². The molecule has 1 saturated carbocycles. The summed E-state index contributed by atoms with van der Waals surface area (Å²) < 4.78 is 13.2. The Balaban J connectivity index is 2.04. The molecule has 0 bridgehead atoms. The van der Waals surface area contributed by atoms with Crippen LogP contribution in [0.2, 0.25) is 0 Å². The second-order valence-electron chi connectivity index (χ2n) is 5.45. The van der Waals surface area contributed by atoms with Crippen LogP contribution in [0.15, 0.2) is 18.2 Å². The van der Waals surface area contributed by atoms with Gasteiger partial charge in [0, 0.05) is 0 Å². The predicted molar refractivity (Wildman–Crippen MR) is 65.9 cm³/mol. The first-order valence-corrected chi connectivity index (χ1v) is 6.33. The van der Waals surface area contributed by atoms with Crippen LogP contribution in [0.3, 0.4) is 0 Å². The Bertz CT molecular complexity index is 366. The Morgan fingerprint density at radius 2 is 2.00 bits per heavy atom. The van der Waals surface area contributed by atoms with Crippen molar-refractivity contribution in [3.8, 4) is 0 Å². The fraction of sp³-hybridized carbons (Fsp3) is 0.600. The summed E-state index contributed by atoms with van der Waals surface area (Å²) in [7, 11) is 0. The second kappa shape index (κ2) is 4.57. The first kappa shape index (κ1) is 11.6. The minimum atomic E-state index is -0.105. The van der Waals surface area contributed by atoms with Gasteiger partial charge in [-0.25, -0.2) is 4.39 Å². The standard InChI is InChI=1S/C15H21F/c1-10-4-7-15(16)9-14(10)8-11(2)12(3)13-5-6-13/h4,7,9,11-13H,5-6,8H2,1-3H3/t11-,12-/m1/s1. The molecule has 0 saturated heterocycles. The van der Waals surface area contributed by atoms with Crippen molar-refractivity contribution in [1.29, 1.82) is 0 Å². The average molecular weight is 220 g/mol. The molecule has 16 heavy (non-hydrogen) atoms. The van der Waals surface area contributed by atoms with Crippen molar-refractivity contribution in [1.82, 2.24) is 0 Å². The van der Waals surface area contributed by atoms with E-state index in [2.05, 4.69) is 20.8 Å². The Morgan fingerprint density at radius 1 is 1.31 bits per heavy atom. The van der Waals surface area contributed by atoms with Gasteiger partial charge in [-0.3, -0.25) is 0 Å². The van der Waals surface area contributed by atoms with Gasteiger partial charge < -0.3 is 0 Å². The molecule has 0 amide bonds. The fourth-order valence-corrected chi connectivity index (χ4v) is 2.48. The third-order valence-electron chi connectivity index (χ3n) is 4.12. The Kier molecular flexibility index (Phi) is 3.32. The lowest BCUT2D eigenvalue weighted by Gasteiger charge is -2.20. The van der Waals surface area contributed by atoms with Crippen LogP contribution in [0.5, 0.6) is 0 Å². The normalized spacial score (nSPS) is 19.5. The van der Waals surface area contributed by atoms with Crippen LogP contribution in [0.1, 0.15) is 37.8 Å². The Morgan fingerprint density at radius 3 is 2.62 bits per heavy atom. The summed E-state index contributed by atoms with van der Waals surface area (Å²) in [6.45, 7) is 6.72. The van der Waals surface area contributed by atoms with E-state index >= 15 is 0 Å². The lowest BCUT2D eigenvalue weighted by atomic mass is 9.85. The Hall–Kier alpha value is -0.850. The first-order valence-electron chi connectivity index (χ1n) is 6.33. The molecule has 2 rings (SSSR count). The lowest BCUT2D eigenvalue weighted by Crippen LogP contribution is -2.13. The van der Waals surface area contributed by atoms with Crippen LogP contribution < -0.4 is 0 Å². The minimum absolute atomic E-state index is 0.105. The highest BCUT2D eigenvalue weighted by atomic mass is 19.1. The molecule has 0 spiro atoms. The topological polar surface area (TPSA) is 0 Å². The van der Waals surface area contributed by atoms with Crippen molar-refractivity contribution in [2.24, 2.45) is 17.8 Å². The zero-order valence-corrected chi connectivity index (χ0v) is 10.5. The molecule has 0 N–H and O–H groups in total. The van der Waals surface area contributed by atoms with Gasteiger partial charge in [-0.1, -0.05) is 19.9 Å². The molecule has 0 aliphatic heterocycles. The van der Waals surface area contributed by atoms with E-state index in [-0.39, 0.29) is 5.82 Å². The summed E-state index contributed by atoms with van der Waals surface area (Å²) in [5.74, 6) is 2.27. The van der Waals surface area contributed by atoms with Crippen molar-refractivity contribution < 1.29 is 4.39 Å². The second-order valence-corrected chi connectivity index (χ2v) is 5.45. The third kappa shape index (κ3) is 2.63. The molecule has 0 nitrogen and oxygen atoms in total. The molecule has 0 radical (unpaired) electrons. The van der Waals surface area contributed by atoms with Gasteiger partial charge in [-0.2, -0.15) is 0 Å². The third-order valence-corrected chi connectivity index (χ3v) is 4.12. The zero-order valence-electron chi connectivity index (χ0n) is 10.5. The van der Waals surface area contributed by atoms with Crippen molar-refractivity contribution in [3.05, 3.63) is 35.1 Å². The van der Waals surface area contributed by atoms with E-state index in [0.717, 1.165) is 18.3 Å². The maximum Gasteiger partial charge on any atom is 0.123 e. The quantitative estimate of drug-likeness (QED) is 0.707. The van der Waals surface area contributed by atoms with Gasteiger partial charge in [-0.15, -0.1) is 0 Å². The van der Waals surface area contributed by atoms with E-state index < -0.39 is 0 Å². The molecule has 1 aliphatic rings. The van der Waals surface area contributed by atoms with Gasteiger partial charge in [0.05, 0.1) is 0 Å². The molecule has 1 aromatic carbocycles. The molecule has 88 valence electrons. The molecule has 0 heterocycles. The summed E-state index contributed by atoms with van der Waals surface area (Å²) in [4.78, 5) is 0. The summed E-state index contributed by atoms with van der Waals surface area (Å²) in [6.07, 6.45) is 3.81. The number of halogens is 1. The van der Waals surface area contributed by atoms with Crippen molar-refractivity contribution in [2.45, 2.75) is 40.0 Å². The van der Waals surface area contributed by atoms with Crippen LogP contribution in [-0.4, -0.2) is 0 Å². The summed E-state index contributed by atoms with van der Waals surface area (Å²) in [5.41, 5.74) is 2.40. The maximum absolute atomic E-state index is 13.2. The highest BCUT2D eigenvalue weighted by Crippen LogP contribution is 2.41. The van der Waals surface area contributed by atoms with Gasteiger partial charge in [0.15, 0.2) is 0 Å². The highest BCUT2D eigenvalue weighted by Gasteiger charge is 2.31. The summed E-state index contributed by atoms with van der Waals surface area (Å²) in [6, 6.07) is 5.14. The first-order chi connectivity index (χ1) is 7.58. The van der Waals surface area contributed by atoms with E-state index in [1.54, 1.807) is 12.1 Å². The summed E-state index contributed by atoms with van der Waals surface area (Å²) in [5, 5.41) is 0. The molecular formula is C15H21F. The smallest absolute Gasteiger partial charge is 0.123 e. The van der Waals surface area contributed by atoms with Crippen molar-refractivity contribution in [2.75, 3.05) is 0 Å². The van der Waals surface area contributed by atoms with Crippen molar-refractivity contribution in [3.63, 3.8) is 0 Å². The highest BCUT2D eigenvalue weighted by molar-refractivity contribution is 5.27. The molecule has 2 atom stereocenters. The molecule has 1 aliphatic carbocycles. The molecular weight excluding hydrogens is 199 g/mol. The monoisotopic (exact) mass is 220 g/mol. The van der Waals surface area contributed by atoms with Crippen LogP contribution in [-0.2, 0) is 6.42 Å². The SMILES string of the molecule is Cc1ccc(F)cc1C[C@@H](C)[C@@H](C)C1CC1. The van der Waals surface area contributed by atoms with Crippen LogP contribution in [0.25, 0.3) is 0 Å². The van der Waals surface area contributed by atoms with Crippen LogP contribution >= 0.6 is 0 Å². The number of rotatable bonds is 4.